The van der Waals surface area contributed by atoms with Crippen molar-refractivity contribution in [3.05, 3.63) is 58.0 Å². The molecular weight excluding hydrogens is 324 g/mol. The van der Waals surface area contributed by atoms with Crippen molar-refractivity contribution in [1.29, 1.82) is 0 Å². The monoisotopic (exact) mass is 342 g/mol. The normalized spacial score (nSPS) is 15.0. The molecule has 1 aliphatic rings. The van der Waals surface area contributed by atoms with Crippen LogP contribution in [0.15, 0.2) is 36.8 Å². The van der Waals surface area contributed by atoms with E-state index in [2.05, 4.69) is 9.97 Å². The summed E-state index contributed by atoms with van der Waals surface area (Å²) in [5, 5.41) is 11.0. The molecule has 0 spiro atoms. The van der Waals surface area contributed by atoms with Crippen LogP contribution in [0.1, 0.15) is 28.8 Å². The third-order valence-corrected chi connectivity index (χ3v) is 4.21. The molecule has 8 nitrogen and oxygen atoms in total. The number of benzene rings is 1. The zero-order valence-electron chi connectivity index (χ0n) is 13.8. The lowest BCUT2D eigenvalue weighted by Gasteiger charge is -2.31. The number of ether oxygens (including phenoxy) is 1. The van der Waals surface area contributed by atoms with Gasteiger partial charge in [0.15, 0.2) is 0 Å². The zero-order valence-corrected chi connectivity index (χ0v) is 13.8. The number of nitrogens with zero attached hydrogens (tertiary/aromatic N) is 4. The molecule has 2 heterocycles. The van der Waals surface area contributed by atoms with E-state index in [9.17, 15) is 14.9 Å². The number of piperidine rings is 1. The van der Waals surface area contributed by atoms with Gasteiger partial charge in [-0.05, 0) is 13.0 Å². The van der Waals surface area contributed by atoms with Crippen molar-refractivity contribution in [2.24, 2.45) is 0 Å². The number of likely N-dealkylation sites (tertiary alicyclic amines) is 1. The zero-order chi connectivity index (χ0) is 17.8. The topological polar surface area (TPSA) is 98.5 Å². The predicted octanol–water partition coefficient (Wildman–Crippen LogP) is 2.38. The molecule has 1 aromatic carbocycles. The fraction of sp³-hybridized carbons (Fsp3) is 0.353. The van der Waals surface area contributed by atoms with Crippen LogP contribution < -0.4 is 4.74 Å². The van der Waals surface area contributed by atoms with Crippen molar-refractivity contribution in [3.8, 4) is 5.88 Å². The van der Waals surface area contributed by atoms with Gasteiger partial charge in [0.1, 0.15) is 6.10 Å². The largest absolute Gasteiger partial charge is 0.473 e. The number of carbonyl (C=O) groups is 1. The average molecular weight is 342 g/mol. The minimum Gasteiger partial charge on any atom is -0.473 e. The first-order valence-electron chi connectivity index (χ1n) is 8.01. The number of amides is 1. The second kappa shape index (κ2) is 7.25. The van der Waals surface area contributed by atoms with Crippen LogP contribution in [0.4, 0.5) is 5.69 Å². The fourth-order valence-electron chi connectivity index (χ4n) is 2.82. The van der Waals surface area contributed by atoms with Crippen molar-refractivity contribution in [2.45, 2.75) is 25.9 Å². The highest BCUT2D eigenvalue weighted by Gasteiger charge is 2.26. The van der Waals surface area contributed by atoms with Crippen LogP contribution >= 0.6 is 0 Å². The lowest BCUT2D eigenvalue weighted by atomic mass is 10.0. The number of aryl methyl sites for hydroxylation is 1. The highest BCUT2D eigenvalue weighted by molar-refractivity contribution is 5.95. The standard InChI is InChI=1S/C17H18N4O4/c1-12-2-3-13(10-15(12)21(23)24)17(22)20-8-4-14(5-9-20)25-16-11-18-6-7-19-16/h2-3,6-7,10-11,14H,4-5,8-9H2,1H3. The van der Waals surface area contributed by atoms with Crippen molar-refractivity contribution in [1.82, 2.24) is 14.9 Å². The molecule has 1 saturated heterocycles. The summed E-state index contributed by atoms with van der Waals surface area (Å²) in [6, 6.07) is 4.59. The van der Waals surface area contributed by atoms with Crippen molar-refractivity contribution in [3.63, 3.8) is 0 Å². The number of hydrogen-bond donors (Lipinski definition) is 0. The third kappa shape index (κ3) is 3.90. The van der Waals surface area contributed by atoms with Gasteiger partial charge in [-0.15, -0.1) is 0 Å². The molecule has 0 aliphatic carbocycles. The maximum atomic E-state index is 12.6. The highest BCUT2D eigenvalue weighted by atomic mass is 16.6. The summed E-state index contributed by atoms with van der Waals surface area (Å²) in [6.07, 6.45) is 6.04. The third-order valence-electron chi connectivity index (χ3n) is 4.21. The molecule has 0 atom stereocenters. The Labute approximate surface area is 144 Å². The van der Waals surface area contributed by atoms with Gasteiger partial charge in [0, 0.05) is 55.5 Å². The molecule has 0 radical (unpaired) electrons. The van der Waals surface area contributed by atoms with E-state index in [1.165, 1.54) is 6.07 Å². The van der Waals surface area contributed by atoms with Crippen molar-refractivity contribution < 1.29 is 14.5 Å². The molecule has 2 aromatic rings. The van der Waals surface area contributed by atoms with Gasteiger partial charge in [-0.2, -0.15) is 0 Å². The Morgan fingerprint density at radius 2 is 2.08 bits per heavy atom. The fourth-order valence-corrected chi connectivity index (χ4v) is 2.82. The Hall–Kier alpha value is -3.03. The van der Waals surface area contributed by atoms with Gasteiger partial charge in [0.25, 0.3) is 11.6 Å². The number of hydrogen-bond acceptors (Lipinski definition) is 6. The summed E-state index contributed by atoms with van der Waals surface area (Å²) in [5.74, 6) is 0.280. The van der Waals surface area contributed by atoms with Crippen molar-refractivity contribution >= 4 is 11.6 Å². The van der Waals surface area contributed by atoms with Crippen LogP contribution in [0, 0.1) is 17.0 Å². The molecule has 1 aliphatic heterocycles. The van der Waals surface area contributed by atoms with Crippen LogP contribution in [0.5, 0.6) is 5.88 Å². The molecule has 25 heavy (non-hydrogen) atoms. The Kier molecular flexibility index (Phi) is 4.87. The van der Waals surface area contributed by atoms with E-state index in [1.54, 1.807) is 42.5 Å². The summed E-state index contributed by atoms with van der Waals surface area (Å²) in [4.78, 5) is 32.9. The molecule has 3 rings (SSSR count). The summed E-state index contributed by atoms with van der Waals surface area (Å²) in [6.45, 7) is 2.72. The molecular formula is C17H18N4O4. The van der Waals surface area contributed by atoms with Gasteiger partial charge < -0.3 is 9.64 Å². The van der Waals surface area contributed by atoms with Crippen LogP contribution in [0.2, 0.25) is 0 Å². The van der Waals surface area contributed by atoms with E-state index in [-0.39, 0.29) is 17.7 Å². The molecule has 1 aromatic heterocycles. The average Bonchev–Trinajstić information content (AvgIpc) is 2.63. The number of nitro groups is 1. The van der Waals surface area contributed by atoms with Gasteiger partial charge in [0.2, 0.25) is 5.88 Å². The first-order chi connectivity index (χ1) is 12.0. The van der Waals surface area contributed by atoms with Gasteiger partial charge >= 0.3 is 0 Å². The minimum absolute atomic E-state index is 0.0203. The molecule has 0 bridgehead atoms. The lowest BCUT2D eigenvalue weighted by Crippen LogP contribution is -2.41. The van der Waals surface area contributed by atoms with Crippen LogP contribution in [0.3, 0.4) is 0 Å². The van der Waals surface area contributed by atoms with Gasteiger partial charge in [-0.25, -0.2) is 4.98 Å². The number of carbonyl (C=O) groups excluding carboxylic acids is 1. The van der Waals surface area contributed by atoms with E-state index < -0.39 is 4.92 Å². The van der Waals surface area contributed by atoms with E-state index in [1.807, 2.05) is 0 Å². The summed E-state index contributed by atoms with van der Waals surface area (Å²) in [7, 11) is 0. The summed E-state index contributed by atoms with van der Waals surface area (Å²) in [5.41, 5.74) is 0.843. The second-order valence-electron chi connectivity index (χ2n) is 5.91. The molecule has 0 saturated carbocycles. The van der Waals surface area contributed by atoms with Crippen molar-refractivity contribution in [2.75, 3.05) is 13.1 Å². The van der Waals surface area contributed by atoms with Crippen LogP contribution in [0.25, 0.3) is 0 Å². The number of rotatable bonds is 4. The van der Waals surface area contributed by atoms with Gasteiger partial charge in [0.05, 0.1) is 11.1 Å². The maximum Gasteiger partial charge on any atom is 0.273 e. The highest BCUT2D eigenvalue weighted by Crippen LogP contribution is 2.22. The number of aromatic nitrogens is 2. The molecule has 130 valence electrons. The first kappa shape index (κ1) is 16.8. The molecule has 0 N–H and O–H groups in total. The Morgan fingerprint density at radius 1 is 1.32 bits per heavy atom. The lowest BCUT2D eigenvalue weighted by molar-refractivity contribution is -0.385. The number of nitro benzene ring substituents is 1. The van der Waals surface area contributed by atoms with Crippen LogP contribution in [-0.2, 0) is 0 Å². The summed E-state index contributed by atoms with van der Waals surface area (Å²) >= 11 is 0. The molecule has 1 amide bonds. The van der Waals surface area contributed by atoms with Gasteiger partial charge in [-0.1, -0.05) is 6.07 Å². The first-order valence-corrected chi connectivity index (χ1v) is 8.01. The van der Waals surface area contributed by atoms with Crippen LogP contribution in [-0.4, -0.2) is 44.9 Å². The Balaban J connectivity index is 1.62. The van der Waals surface area contributed by atoms with E-state index >= 15 is 0 Å². The maximum absolute atomic E-state index is 12.6. The van der Waals surface area contributed by atoms with E-state index in [0.29, 0.717) is 42.9 Å². The molecule has 1 fully saturated rings. The van der Waals surface area contributed by atoms with E-state index in [0.717, 1.165) is 0 Å². The van der Waals surface area contributed by atoms with E-state index in [4.69, 9.17) is 4.74 Å². The van der Waals surface area contributed by atoms with Gasteiger partial charge in [-0.3, -0.25) is 19.9 Å². The SMILES string of the molecule is Cc1ccc(C(=O)N2CCC(Oc3cnccn3)CC2)cc1[N+](=O)[O-]. The predicted molar refractivity (Wildman–Crippen MR) is 89.4 cm³/mol. The minimum atomic E-state index is -0.465. The molecule has 8 heteroatoms. The summed E-state index contributed by atoms with van der Waals surface area (Å²) < 4.78 is 5.75. The quantitative estimate of drug-likeness (QED) is 0.625. The Morgan fingerprint density at radius 3 is 2.72 bits per heavy atom. The second-order valence-corrected chi connectivity index (χ2v) is 5.91. The molecule has 0 unspecified atom stereocenters. The smallest absolute Gasteiger partial charge is 0.273 e. The Bertz CT molecular complexity index is 773.